The molecule has 6 nitrogen and oxygen atoms in total. The highest BCUT2D eigenvalue weighted by molar-refractivity contribution is 7.84. The highest BCUT2D eigenvalue weighted by atomic mass is 32.2. The summed E-state index contributed by atoms with van der Waals surface area (Å²) >= 11 is 0. The molecule has 0 saturated heterocycles. The molecule has 0 saturated carbocycles. The van der Waals surface area contributed by atoms with Gasteiger partial charge in [0.15, 0.2) is 6.61 Å². The molecule has 0 spiro atoms. The topological polar surface area (TPSA) is 81.7 Å². The Kier molecular flexibility index (Phi) is 6.71. The Labute approximate surface area is 148 Å². The summed E-state index contributed by atoms with van der Waals surface area (Å²) in [4.78, 5) is 24.3. The number of ether oxygens (including phenoxy) is 2. The van der Waals surface area contributed by atoms with E-state index in [-0.39, 0.29) is 5.56 Å². The van der Waals surface area contributed by atoms with E-state index in [1.54, 1.807) is 37.4 Å². The van der Waals surface area contributed by atoms with E-state index in [2.05, 4.69) is 5.32 Å². The van der Waals surface area contributed by atoms with Gasteiger partial charge in [-0.05, 0) is 29.8 Å². The van der Waals surface area contributed by atoms with Crippen molar-refractivity contribution < 1.29 is 23.3 Å². The van der Waals surface area contributed by atoms with Crippen LogP contribution in [0.2, 0.25) is 0 Å². The van der Waals surface area contributed by atoms with E-state index in [9.17, 15) is 13.8 Å². The first kappa shape index (κ1) is 18.7. The van der Waals surface area contributed by atoms with Crippen LogP contribution in [0.15, 0.2) is 53.4 Å². The molecule has 0 aliphatic carbocycles. The lowest BCUT2D eigenvalue weighted by Crippen LogP contribution is -2.28. The number of rotatable bonds is 7. The molecule has 0 aliphatic heterocycles. The number of amides is 1. The first-order chi connectivity index (χ1) is 12.0. The van der Waals surface area contributed by atoms with Crippen LogP contribution >= 0.6 is 0 Å². The van der Waals surface area contributed by atoms with Crippen LogP contribution in [0.1, 0.15) is 15.9 Å². The molecule has 0 heterocycles. The van der Waals surface area contributed by atoms with Gasteiger partial charge in [-0.3, -0.25) is 9.00 Å². The Morgan fingerprint density at radius 1 is 1.08 bits per heavy atom. The number of hydrogen-bond donors (Lipinski definition) is 1. The van der Waals surface area contributed by atoms with Gasteiger partial charge in [0.25, 0.3) is 5.91 Å². The van der Waals surface area contributed by atoms with E-state index in [0.717, 1.165) is 11.3 Å². The first-order valence-electron chi connectivity index (χ1n) is 7.50. The second-order valence-corrected chi connectivity index (χ2v) is 6.50. The molecule has 132 valence electrons. The van der Waals surface area contributed by atoms with Crippen LogP contribution in [0.25, 0.3) is 0 Å². The maximum atomic E-state index is 12.1. The predicted octanol–water partition coefficient (Wildman–Crippen LogP) is 1.91. The van der Waals surface area contributed by atoms with Crippen LogP contribution < -0.4 is 10.1 Å². The van der Waals surface area contributed by atoms with E-state index in [1.165, 1.54) is 12.3 Å². The Hall–Kier alpha value is -2.67. The number of benzene rings is 2. The number of nitrogens with one attached hydrogen (secondary N) is 1. The maximum Gasteiger partial charge on any atom is 0.339 e. The predicted molar refractivity (Wildman–Crippen MR) is 93.9 cm³/mol. The van der Waals surface area contributed by atoms with Crippen LogP contribution in [0, 0.1) is 0 Å². The molecule has 2 aromatic carbocycles. The van der Waals surface area contributed by atoms with E-state index in [0.29, 0.717) is 11.4 Å². The fraction of sp³-hybridized carbons (Fsp3) is 0.222. The van der Waals surface area contributed by atoms with Crippen molar-refractivity contribution in [1.82, 2.24) is 5.32 Å². The normalized spacial score (nSPS) is 11.4. The fourth-order valence-electron chi connectivity index (χ4n) is 2.09. The van der Waals surface area contributed by atoms with Gasteiger partial charge in [0.2, 0.25) is 0 Å². The third-order valence-corrected chi connectivity index (χ3v) is 4.38. The lowest BCUT2D eigenvalue weighted by molar-refractivity contribution is -0.124. The number of esters is 1. The van der Waals surface area contributed by atoms with Gasteiger partial charge in [0.05, 0.1) is 28.4 Å². The highest BCUT2D eigenvalue weighted by Crippen LogP contribution is 2.14. The maximum absolute atomic E-state index is 12.1. The summed E-state index contributed by atoms with van der Waals surface area (Å²) < 4.78 is 21.7. The van der Waals surface area contributed by atoms with Crippen LogP contribution in [-0.2, 0) is 26.9 Å². The summed E-state index contributed by atoms with van der Waals surface area (Å²) in [6, 6.07) is 13.7. The zero-order chi connectivity index (χ0) is 18.2. The van der Waals surface area contributed by atoms with Crippen molar-refractivity contribution >= 4 is 22.7 Å². The number of hydrogen-bond acceptors (Lipinski definition) is 5. The zero-order valence-corrected chi connectivity index (χ0v) is 14.8. The molecule has 1 N–H and O–H groups in total. The minimum atomic E-state index is -1.32. The molecule has 0 fully saturated rings. The summed E-state index contributed by atoms with van der Waals surface area (Å²) in [5.74, 6) is -0.361. The molecule has 0 aliphatic rings. The lowest BCUT2D eigenvalue weighted by atomic mass is 10.2. The minimum Gasteiger partial charge on any atom is -0.497 e. The van der Waals surface area contributed by atoms with Crippen LogP contribution in [0.3, 0.4) is 0 Å². The van der Waals surface area contributed by atoms with Crippen molar-refractivity contribution in [2.75, 3.05) is 20.0 Å². The van der Waals surface area contributed by atoms with Crippen LogP contribution in [0.5, 0.6) is 5.75 Å². The highest BCUT2D eigenvalue weighted by Gasteiger charge is 2.15. The summed E-state index contributed by atoms with van der Waals surface area (Å²) in [5.41, 5.74) is 1.10. The number of carbonyl (C=O) groups is 2. The molecular formula is C18H19NO5S. The third-order valence-electron chi connectivity index (χ3n) is 3.40. The summed E-state index contributed by atoms with van der Waals surface area (Å²) in [5, 5.41) is 2.66. The van der Waals surface area contributed by atoms with E-state index in [1.807, 2.05) is 12.1 Å². The van der Waals surface area contributed by atoms with Gasteiger partial charge in [-0.2, -0.15) is 0 Å². The molecule has 25 heavy (non-hydrogen) atoms. The van der Waals surface area contributed by atoms with Crippen molar-refractivity contribution in [3.05, 3.63) is 59.7 Å². The van der Waals surface area contributed by atoms with Crippen molar-refractivity contribution in [1.29, 1.82) is 0 Å². The zero-order valence-electron chi connectivity index (χ0n) is 14.0. The molecule has 0 aromatic heterocycles. The third kappa shape index (κ3) is 5.42. The quantitative estimate of drug-likeness (QED) is 0.762. The number of carbonyl (C=O) groups excluding carboxylic acids is 2. The molecule has 2 aromatic rings. The van der Waals surface area contributed by atoms with Gasteiger partial charge >= 0.3 is 5.97 Å². The van der Waals surface area contributed by atoms with Crippen LogP contribution in [-0.4, -0.2) is 36.1 Å². The monoisotopic (exact) mass is 361 g/mol. The molecule has 1 amide bonds. The lowest BCUT2D eigenvalue weighted by Gasteiger charge is -2.09. The fourth-order valence-corrected chi connectivity index (χ4v) is 2.82. The number of methoxy groups -OCH3 is 1. The van der Waals surface area contributed by atoms with Crippen molar-refractivity contribution in [2.45, 2.75) is 11.4 Å². The van der Waals surface area contributed by atoms with Crippen molar-refractivity contribution in [3.63, 3.8) is 0 Å². The van der Waals surface area contributed by atoms with E-state index >= 15 is 0 Å². The van der Waals surface area contributed by atoms with Crippen molar-refractivity contribution in [2.24, 2.45) is 0 Å². The van der Waals surface area contributed by atoms with Gasteiger partial charge in [0, 0.05) is 12.8 Å². The smallest absolute Gasteiger partial charge is 0.339 e. The van der Waals surface area contributed by atoms with Crippen LogP contribution in [0.4, 0.5) is 0 Å². The Morgan fingerprint density at radius 2 is 1.76 bits per heavy atom. The summed E-state index contributed by atoms with van der Waals surface area (Å²) in [6.45, 7) is -0.0877. The summed E-state index contributed by atoms with van der Waals surface area (Å²) in [7, 11) is 0.263. The van der Waals surface area contributed by atoms with Gasteiger partial charge in [0.1, 0.15) is 5.75 Å². The Morgan fingerprint density at radius 3 is 2.40 bits per heavy atom. The molecular weight excluding hydrogens is 342 g/mol. The molecule has 0 radical (unpaired) electrons. The molecule has 0 unspecified atom stereocenters. The minimum absolute atomic E-state index is 0.200. The molecule has 0 bridgehead atoms. The van der Waals surface area contributed by atoms with Gasteiger partial charge < -0.3 is 14.8 Å². The second kappa shape index (κ2) is 8.98. The average Bonchev–Trinajstić information content (AvgIpc) is 2.64. The average molecular weight is 361 g/mol. The van der Waals surface area contributed by atoms with Gasteiger partial charge in [-0.1, -0.05) is 24.3 Å². The first-order valence-corrected chi connectivity index (χ1v) is 9.06. The van der Waals surface area contributed by atoms with Crippen molar-refractivity contribution in [3.8, 4) is 5.75 Å². The van der Waals surface area contributed by atoms with E-state index < -0.39 is 29.3 Å². The van der Waals surface area contributed by atoms with Gasteiger partial charge in [-0.25, -0.2) is 4.79 Å². The molecule has 1 atom stereocenters. The SMILES string of the molecule is COc1ccc(CNC(=O)COC(=O)c2ccccc2[S@@](C)=O)cc1. The van der Waals surface area contributed by atoms with Gasteiger partial charge in [-0.15, -0.1) is 0 Å². The standard InChI is InChI=1S/C18H19NO5S/c1-23-14-9-7-13(8-10-14)11-19-17(20)12-24-18(21)15-5-3-4-6-16(15)25(2)22/h3-10H,11-12H2,1-2H3,(H,19,20)/t25-/m1/s1. The molecule has 2 rings (SSSR count). The Balaban J connectivity index is 1.85. The second-order valence-electron chi connectivity index (χ2n) is 5.15. The summed E-state index contributed by atoms with van der Waals surface area (Å²) in [6.07, 6.45) is 1.48. The van der Waals surface area contributed by atoms with E-state index in [4.69, 9.17) is 9.47 Å². The Bertz CT molecular complexity index is 773. The largest absolute Gasteiger partial charge is 0.497 e. The molecule has 7 heteroatoms.